The van der Waals surface area contributed by atoms with Crippen LogP contribution in [0.3, 0.4) is 0 Å². The van der Waals surface area contributed by atoms with Crippen LogP contribution in [0.5, 0.6) is 0 Å². The summed E-state index contributed by atoms with van der Waals surface area (Å²) in [7, 11) is 1.37. The third kappa shape index (κ3) is 3.09. The smallest absolute Gasteiger partial charge is 0.337 e. The number of ether oxygens (including phenoxy) is 1. The van der Waals surface area contributed by atoms with E-state index in [2.05, 4.69) is 30.5 Å². The zero-order valence-electron chi connectivity index (χ0n) is 11.3. The Morgan fingerprint density at radius 2 is 2.17 bits per heavy atom. The molecular formula is C14H20N2O2. The third-order valence-corrected chi connectivity index (χ3v) is 2.78. The van der Waals surface area contributed by atoms with Gasteiger partial charge in [-0.2, -0.15) is 0 Å². The average molecular weight is 248 g/mol. The summed E-state index contributed by atoms with van der Waals surface area (Å²) in [6.07, 6.45) is 1.06. The fourth-order valence-corrected chi connectivity index (χ4v) is 1.88. The summed E-state index contributed by atoms with van der Waals surface area (Å²) < 4.78 is 4.70. The molecule has 0 N–H and O–H groups in total. The minimum atomic E-state index is -0.356. The zero-order valence-corrected chi connectivity index (χ0v) is 11.3. The maximum atomic E-state index is 11.5. The van der Waals surface area contributed by atoms with E-state index in [9.17, 15) is 4.79 Å². The van der Waals surface area contributed by atoms with Gasteiger partial charge in [0.15, 0.2) is 0 Å². The molecule has 0 radical (unpaired) electrons. The van der Waals surface area contributed by atoms with Gasteiger partial charge in [0, 0.05) is 13.1 Å². The number of rotatable bonds is 6. The summed E-state index contributed by atoms with van der Waals surface area (Å²) in [6, 6.07) is 5.37. The lowest BCUT2D eigenvalue weighted by molar-refractivity contribution is 0.0601. The van der Waals surface area contributed by atoms with Gasteiger partial charge < -0.3 is 9.64 Å². The number of carbonyl (C=O) groups is 1. The summed E-state index contributed by atoms with van der Waals surface area (Å²) in [6.45, 7) is 9.64. The van der Waals surface area contributed by atoms with Crippen LogP contribution in [0.15, 0.2) is 23.2 Å². The minimum absolute atomic E-state index is 0.356. The summed E-state index contributed by atoms with van der Waals surface area (Å²) >= 11 is 0. The van der Waals surface area contributed by atoms with Crippen molar-refractivity contribution in [2.45, 2.75) is 20.3 Å². The van der Waals surface area contributed by atoms with Crippen LogP contribution in [-0.4, -0.2) is 32.9 Å². The number of methoxy groups -OCH3 is 1. The number of hydrogen-bond donors (Lipinski definition) is 0. The Kier molecular flexibility index (Phi) is 5.36. The molecule has 0 aromatic heterocycles. The second-order valence-corrected chi connectivity index (χ2v) is 3.93. The molecule has 0 fully saturated rings. The van der Waals surface area contributed by atoms with Gasteiger partial charge in [0.2, 0.25) is 0 Å². The molecule has 0 saturated carbocycles. The van der Waals surface area contributed by atoms with E-state index in [1.807, 2.05) is 6.07 Å². The maximum Gasteiger partial charge on any atom is 0.337 e. The van der Waals surface area contributed by atoms with Crippen LogP contribution in [0.4, 0.5) is 11.4 Å². The fraction of sp³-hybridized carbons (Fsp3) is 0.429. The van der Waals surface area contributed by atoms with E-state index in [1.54, 1.807) is 12.1 Å². The van der Waals surface area contributed by atoms with Crippen LogP contribution in [0.25, 0.3) is 0 Å². The highest BCUT2D eigenvalue weighted by atomic mass is 16.5. The predicted molar refractivity (Wildman–Crippen MR) is 75.2 cm³/mol. The molecule has 18 heavy (non-hydrogen) atoms. The first-order valence-electron chi connectivity index (χ1n) is 6.11. The molecule has 98 valence electrons. The number of hydrogen-bond acceptors (Lipinski definition) is 4. The SMILES string of the molecule is C=Nc1cc(C(=O)OC)ccc1N(CC)CCC. The van der Waals surface area contributed by atoms with Crippen LogP contribution in [0.1, 0.15) is 30.6 Å². The number of esters is 1. The van der Waals surface area contributed by atoms with Crippen LogP contribution < -0.4 is 4.90 Å². The van der Waals surface area contributed by atoms with Crippen molar-refractivity contribution < 1.29 is 9.53 Å². The predicted octanol–water partition coefficient (Wildman–Crippen LogP) is 3.04. The van der Waals surface area contributed by atoms with Crippen LogP contribution in [-0.2, 0) is 4.74 Å². The van der Waals surface area contributed by atoms with Gasteiger partial charge in [0.25, 0.3) is 0 Å². The lowest BCUT2D eigenvalue weighted by Gasteiger charge is -2.24. The quantitative estimate of drug-likeness (QED) is 0.574. The Morgan fingerprint density at radius 3 is 2.67 bits per heavy atom. The lowest BCUT2D eigenvalue weighted by atomic mass is 10.1. The van der Waals surface area contributed by atoms with E-state index < -0.39 is 0 Å². The number of nitrogens with zero attached hydrogens (tertiary/aromatic N) is 2. The molecule has 0 aliphatic heterocycles. The highest BCUT2D eigenvalue weighted by Gasteiger charge is 2.12. The number of benzene rings is 1. The number of carbonyl (C=O) groups excluding carboxylic acids is 1. The Bertz CT molecular complexity index is 430. The third-order valence-electron chi connectivity index (χ3n) is 2.78. The number of anilines is 1. The zero-order chi connectivity index (χ0) is 13.5. The summed E-state index contributed by atoms with van der Waals surface area (Å²) in [4.78, 5) is 17.7. The highest BCUT2D eigenvalue weighted by molar-refractivity contribution is 5.92. The maximum absolute atomic E-state index is 11.5. The van der Waals surface area contributed by atoms with Crippen molar-refractivity contribution in [1.29, 1.82) is 0 Å². The molecule has 1 aromatic rings. The van der Waals surface area contributed by atoms with E-state index in [0.717, 1.165) is 25.2 Å². The lowest BCUT2D eigenvalue weighted by Crippen LogP contribution is -2.23. The number of aliphatic imine (C=N–C) groups is 1. The van der Waals surface area contributed by atoms with E-state index >= 15 is 0 Å². The molecule has 0 amide bonds. The van der Waals surface area contributed by atoms with Gasteiger partial charge in [-0.1, -0.05) is 6.92 Å². The summed E-state index contributed by atoms with van der Waals surface area (Å²) in [5.74, 6) is -0.356. The van der Waals surface area contributed by atoms with E-state index in [0.29, 0.717) is 11.3 Å². The normalized spacial score (nSPS) is 9.94. The molecule has 1 rings (SSSR count). The molecule has 0 bridgehead atoms. The Morgan fingerprint density at radius 1 is 1.44 bits per heavy atom. The first-order chi connectivity index (χ1) is 8.67. The Hall–Kier alpha value is -1.84. The van der Waals surface area contributed by atoms with Crippen molar-refractivity contribution in [1.82, 2.24) is 0 Å². The Balaban J connectivity index is 3.13. The molecule has 0 saturated heterocycles. The first-order valence-corrected chi connectivity index (χ1v) is 6.11. The molecule has 4 nitrogen and oxygen atoms in total. The van der Waals surface area contributed by atoms with Gasteiger partial charge in [0.1, 0.15) is 0 Å². The minimum Gasteiger partial charge on any atom is -0.465 e. The van der Waals surface area contributed by atoms with Gasteiger partial charge in [-0.15, -0.1) is 0 Å². The molecule has 1 aromatic carbocycles. The summed E-state index contributed by atoms with van der Waals surface area (Å²) in [5.41, 5.74) is 2.21. The van der Waals surface area contributed by atoms with Crippen LogP contribution in [0.2, 0.25) is 0 Å². The van der Waals surface area contributed by atoms with E-state index in [-0.39, 0.29) is 5.97 Å². The van der Waals surface area contributed by atoms with Gasteiger partial charge in [-0.05, 0) is 38.3 Å². The molecule has 0 aliphatic carbocycles. The Labute approximate surface area is 108 Å². The molecule has 0 aliphatic rings. The van der Waals surface area contributed by atoms with Gasteiger partial charge in [0.05, 0.1) is 24.0 Å². The monoisotopic (exact) mass is 248 g/mol. The fourth-order valence-electron chi connectivity index (χ4n) is 1.88. The van der Waals surface area contributed by atoms with Gasteiger partial charge in [-0.3, -0.25) is 4.99 Å². The van der Waals surface area contributed by atoms with Gasteiger partial charge >= 0.3 is 5.97 Å². The molecular weight excluding hydrogens is 228 g/mol. The van der Waals surface area contributed by atoms with Gasteiger partial charge in [-0.25, -0.2) is 4.79 Å². The van der Waals surface area contributed by atoms with Crippen molar-refractivity contribution in [2.24, 2.45) is 4.99 Å². The highest BCUT2D eigenvalue weighted by Crippen LogP contribution is 2.29. The average Bonchev–Trinajstić information content (AvgIpc) is 2.43. The van der Waals surface area contributed by atoms with Crippen molar-refractivity contribution in [2.75, 3.05) is 25.1 Å². The van der Waals surface area contributed by atoms with E-state index in [4.69, 9.17) is 4.74 Å². The summed E-state index contributed by atoms with van der Waals surface area (Å²) in [5, 5.41) is 0. The molecule has 0 atom stereocenters. The largest absolute Gasteiger partial charge is 0.465 e. The molecule has 4 heteroatoms. The van der Waals surface area contributed by atoms with Crippen molar-refractivity contribution in [3.8, 4) is 0 Å². The second kappa shape index (κ2) is 6.79. The van der Waals surface area contributed by atoms with E-state index in [1.165, 1.54) is 7.11 Å². The van der Waals surface area contributed by atoms with Crippen molar-refractivity contribution >= 4 is 24.1 Å². The van der Waals surface area contributed by atoms with Crippen LogP contribution in [0, 0.1) is 0 Å². The second-order valence-electron chi connectivity index (χ2n) is 3.93. The van der Waals surface area contributed by atoms with Crippen LogP contribution >= 0.6 is 0 Å². The molecule has 0 unspecified atom stereocenters. The first kappa shape index (κ1) is 14.2. The topological polar surface area (TPSA) is 41.9 Å². The van der Waals surface area contributed by atoms with Crippen molar-refractivity contribution in [3.63, 3.8) is 0 Å². The van der Waals surface area contributed by atoms with Crippen molar-refractivity contribution in [3.05, 3.63) is 23.8 Å². The standard InChI is InChI=1S/C14H20N2O2/c1-5-9-16(6-2)13-8-7-11(14(17)18-4)10-12(13)15-3/h7-8,10H,3,5-6,9H2,1-2,4H3. The molecule has 0 spiro atoms. The molecule has 0 heterocycles.